The largest absolute Gasteiger partial charge is 0.337 e. The molecule has 0 radical (unpaired) electrons. The number of amides is 1. The van der Waals surface area contributed by atoms with Crippen molar-refractivity contribution in [3.63, 3.8) is 0 Å². The second kappa shape index (κ2) is 11.7. The zero-order valence-electron chi connectivity index (χ0n) is 17.3. The molecule has 2 N–H and O–H groups in total. The number of carbonyl (C=O) groups is 1. The van der Waals surface area contributed by atoms with Crippen molar-refractivity contribution in [2.45, 2.75) is 38.3 Å². The summed E-state index contributed by atoms with van der Waals surface area (Å²) in [6.07, 6.45) is 7.79. The Kier molecular flexibility index (Phi) is 9.56. The summed E-state index contributed by atoms with van der Waals surface area (Å²) < 4.78 is 0. The van der Waals surface area contributed by atoms with Gasteiger partial charge in [-0.15, -0.1) is 24.8 Å². The molecule has 5 nitrogen and oxygen atoms in total. The molecule has 164 valence electrons. The Hall–Kier alpha value is -1.66. The van der Waals surface area contributed by atoms with Crippen LogP contribution in [0.15, 0.2) is 54.9 Å². The number of nitrogens with zero attached hydrogens (tertiary/aromatic N) is 2. The van der Waals surface area contributed by atoms with Gasteiger partial charge in [-0.2, -0.15) is 0 Å². The molecule has 3 heterocycles. The van der Waals surface area contributed by atoms with Gasteiger partial charge >= 0.3 is 0 Å². The molecule has 0 aliphatic carbocycles. The van der Waals surface area contributed by atoms with Gasteiger partial charge in [0, 0.05) is 32.0 Å². The van der Waals surface area contributed by atoms with Crippen LogP contribution in [0.5, 0.6) is 0 Å². The van der Waals surface area contributed by atoms with Crippen molar-refractivity contribution in [3.05, 3.63) is 66.0 Å². The Balaban J connectivity index is 0.00000160. The number of rotatable bonds is 6. The minimum Gasteiger partial charge on any atom is -0.337 e. The van der Waals surface area contributed by atoms with Gasteiger partial charge in [0.1, 0.15) is 0 Å². The second-order valence-electron chi connectivity index (χ2n) is 8.24. The third kappa shape index (κ3) is 6.17. The zero-order valence-corrected chi connectivity index (χ0v) is 18.9. The van der Waals surface area contributed by atoms with E-state index in [1.165, 1.54) is 5.56 Å². The van der Waals surface area contributed by atoms with Crippen molar-refractivity contribution in [2.24, 2.45) is 5.41 Å². The summed E-state index contributed by atoms with van der Waals surface area (Å²) in [4.78, 5) is 19.7. The van der Waals surface area contributed by atoms with Crippen LogP contribution in [-0.4, -0.2) is 48.0 Å². The Bertz CT molecular complexity index is 769. The van der Waals surface area contributed by atoms with Crippen LogP contribution in [0.1, 0.15) is 30.4 Å². The van der Waals surface area contributed by atoms with E-state index in [0.717, 1.165) is 57.4 Å². The van der Waals surface area contributed by atoms with E-state index in [4.69, 9.17) is 0 Å². The van der Waals surface area contributed by atoms with Crippen LogP contribution in [0.3, 0.4) is 0 Å². The molecule has 2 saturated heterocycles. The van der Waals surface area contributed by atoms with E-state index in [0.29, 0.717) is 12.0 Å². The van der Waals surface area contributed by atoms with E-state index in [-0.39, 0.29) is 36.8 Å². The van der Waals surface area contributed by atoms with Crippen LogP contribution in [0.25, 0.3) is 0 Å². The maximum atomic E-state index is 13.4. The van der Waals surface area contributed by atoms with Crippen LogP contribution < -0.4 is 10.6 Å². The molecule has 30 heavy (non-hydrogen) atoms. The Morgan fingerprint density at radius 1 is 1.07 bits per heavy atom. The summed E-state index contributed by atoms with van der Waals surface area (Å²) in [5.74, 6) is 0.232. The molecule has 2 aliphatic heterocycles. The van der Waals surface area contributed by atoms with Gasteiger partial charge in [-0.05, 0) is 61.4 Å². The highest BCUT2D eigenvalue weighted by Crippen LogP contribution is 2.37. The number of halogens is 2. The molecule has 7 heteroatoms. The molecule has 2 fully saturated rings. The minimum absolute atomic E-state index is 0. The van der Waals surface area contributed by atoms with Crippen molar-refractivity contribution in [1.82, 2.24) is 20.5 Å². The summed E-state index contributed by atoms with van der Waals surface area (Å²) in [7, 11) is 0. The van der Waals surface area contributed by atoms with E-state index in [1.807, 2.05) is 29.3 Å². The molecule has 0 bridgehead atoms. The maximum Gasteiger partial charge on any atom is 0.240 e. The van der Waals surface area contributed by atoms with Gasteiger partial charge in [0.2, 0.25) is 5.91 Å². The molecule has 1 aromatic carbocycles. The first-order valence-electron chi connectivity index (χ1n) is 10.4. The molecule has 2 aromatic rings. The second-order valence-corrected chi connectivity index (χ2v) is 8.24. The van der Waals surface area contributed by atoms with Crippen LogP contribution in [0, 0.1) is 5.41 Å². The average molecular weight is 451 g/mol. The van der Waals surface area contributed by atoms with E-state index < -0.39 is 0 Å². The van der Waals surface area contributed by atoms with Crippen molar-refractivity contribution in [3.8, 4) is 0 Å². The van der Waals surface area contributed by atoms with Crippen LogP contribution >= 0.6 is 24.8 Å². The number of hydrogen-bond acceptors (Lipinski definition) is 4. The van der Waals surface area contributed by atoms with Gasteiger partial charge in [-0.25, -0.2) is 0 Å². The molecule has 1 amide bonds. The molecule has 1 spiro atoms. The van der Waals surface area contributed by atoms with Crippen molar-refractivity contribution >= 4 is 30.7 Å². The highest BCUT2D eigenvalue weighted by Gasteiger charge is 2.43. The van der Waals surface area contributed by atoms with Gasteiger partial charge in [-0.3, -0.25) is 9.78 Å². The monoisotopic (exact) mass is 450 g/mol. The topological polar surface area (TPSA) is 57.3 Å². The Labute approximate surface area is 191 Å². The maximum absolute atomic E-state index is 13.4. The van der Waals surface area contributed by atoms with Crippen LogP contribution in [0.4, 0.5) is 0 Å². The lowest BCUT2D eigenvalue weighted by molar-refractivity contribution is -0.133. The zero-order chi connectivity index (χ0) is 19.2. The van der Waals surface area contributed by atoms with Crippen LogP contribution in [-0.2, 0) is 17.8 Å². The molecule has 1 atom stereocenters. The highest BCUT2D eigenvalue weighted by molar-refractivity contribution is 5.85. The number of pyridine rings is 1. The fraction of sp³-hybridized carbons (Fsp3) is 0.478. The molecule has 4 rings (SSSR count). The first kappa shape index (κ1) is 24.6. The number of hydrogen-bond donors (Lipinski definition) is 2. The van der Waals surface area contributed by atoms with E-state index in [2.05, 4.69) is 39.9 Å². The van der Waals surface area contributed by atoms with Gasteiger partial charge in [0.25, 0.3) is 0 Å². The van der Waals surface area contributed by atoms with Gasteiger partial charge in [0.15, 0.2) is 0 Å². The van der Waals surface area contributed by atoms with Crippen molar-refractivity contribution < 1.29 is 4.79 Å². The van der Waals surface area contributed by atoms with Crippen molar-refractivity contribution in [1.29, 1.82) is 0 Å². The lowest BCUT2D eigenvalue weighted by Gasteiger charge is -2.33. The molecule has 1 unspecified atom stereocenters. The standard InChI is InChI=1S/C23H30N4O.2ClH/c28-22(21-15-23(18-26-21)9-12-24-13-10-23)27(17-20-7-4-11-25-16-20)14-8-19-5-2-1-3-6-19;;/h1-7,11,16,21,24,26H,8-10,12-15,17-18H2;2*1H. The average Bonchev–Trinajstić information content (AvgIpc) is 3.16. The number of aromatic nitrogens is 1. The van der Waals surface area contributed by atoms with Gasteiger partial charge in [-0.1, -0.05) is 36.4 Å². The smallest absolute Gasteiger partial charge is 0.240 e. The Morgan fingerprint density at radius 3 is 2.50 bits per heavy atom. The third-order valence-electron chi connectivity index (χ3n) is 6.24. The normalized spacial score (nSPS) is 19.5. The molecular weight excluding hydrogens is 419 g/mol. The molecule has 0 saturated carbocycles. The van der Waals surface area contributed by atoms with E-state index >= 15 is 0 Å². The van der Waals surface area contributed by atoms with Crippen LogP contribution in [0.2, 0.25) is 0 Å². The number of benzene rings is 1. The molecular formula is C23H32Cl2N4O. The summed E-state index contributed by atoms with van der Waals surface area (Å²) in [5.41, 5.74) is 2.64. The highest BCUT2D eigenvalue weighted by atomic mass is 35.5. The lowest BCUT2D eigenvalue weighted by atomic mass is 9.77. The van der Waals surface area contributed by atoms with E-state index in [1.54, 1.807) is 6.20 Å². The van der Waals surface area contributed by atoms with E-state index in [9.17, 15) is 4.79 Å². The summed E-state index contributed by atoms with van der Waals surface area (Å²) in [6.45, 7) is 4.44. The summed E-state index contributed by atoms with van der Waals surface area (Å²) in [6, 6.07) is 14.3. The van der Waals surface area contributed by atoms with Gasteiger partial charge in [0.05, 0.1) is 6.04 Å². The minimum atomic E-state index is -0.0643. The van der Waals surface area contributed by atoms with Crippen molar-refractivity contribution in [2.75, 3.05) is 26.2 Å². The summed E-state index contributed by atoms with van der Waals surface area (Å²) in [5, 5.41) is 6.99. The molecule has 1 aromatic heterocycles. The number of nitrogens with one attached hydrogen (secondary N) is 2. The summed E-state index contributed by atoms with van der Waals surface area (Å²) >= 11 is 0. The SMILES string of the molecule is Cl.Cl.O=C(C1CC2(CCNCC2)CN1)N(CCc1ccccc1)Cc1cccnc1. The van der Waals surface area contributed by atoms with Gasteiger partial charge < -0.3 is 15.5 Å². The predicted molar refractivity (Wildman–Crippen MR) is 125 cm³/mol. The fourth-order valence-electron chi connectivity index (χ4n) is 4.54. The third-order valence-corrected chi connectivity index (χ3v) is 6.24. The lowest BCUT2D eigenvalue weighted by Crippen LogP contribution is -2.44. The first-order chi connectivity index (χ1) is 13.7. The Morgan fingerprint density at radius 2 is 1.80 bits per heavy atom. The quantitative estimate of drug-likeness (QED) is 0.708. The number of carbonyl (C=O) groups excluding carboxylic acids is 1. The fourth-order valence-corrected chi connectivity index (χ4v) is 4.54. The molecule has 2 aliphatic rings. The predicted octanol–water partition coefficient (Wildman–Crippen LogP) is 3.23. The first-order valence-corrected chi connectivity index (χ1v) is 10.4. The number of piperidine rings is 1.